The standard InChI is InChI=1S/C29H40FN4O10P/c1-19(2)31-40-15-13-25(36)39-18-34-24(35)12-14-33(28(34)38)27-29(6,30)16-23(43-27)17-41-45(44-22-10-8-7-9-11-22)32-21(5)26(37)42-20(3)4/h7-12,14,20-21,23,27,32H,13,15-18H2,1-6H3/t21?,23?,27?,29-,45-/m1/s1. The Morgan fingerprint density at radius 3 is 2.56 bits per heavy atom. The molecule has 1 N–H and O–H groups in total. The van der Waals surface area contributed by atoms with Gasteiger partial charge in [0.25, 0.3) is 5.56 Å². The quantitative estimate of drug-likeness (QED) is 0.0928. The molecular weight excluding hydrogens is 614 g/mol. The summed E-state index contributed by atoms with van der Waals surface area (Å²) in [5, 5.41) is 6.68. The van der Waals surface area contributed by atoms with Crippen molar-refractivity contribution in [1.82, 2.24) is 14.2 Å². The first kappa shape index (κ1) is 35.8. The van der Waals surface area contributed by atoms with Crippen LogP contribution in [0.1, 0.15) is 60.6 Å². The molecule has 1 saturated heterocycles. The first-order valence-corrected chi connectivity index (χ1v) is 15.5. The summed E-state index contributed by atoms with van der Waals surface area (Å²) >= 11 is 0. The van der Waals surface area contributed by atoms with Crippen LogP contribution >= 0.6 is 8.53 Å². The van der Waals surface area contributed by atoms with Gasteiger partial charge in [-0.3, -0.25) is 19.0 Å². The van der Waals surface area contributed by atoms with Crippen molar-refractivity contribution in [3.05, 3.63) is 63.4 Å². The van der Waals surface area contributed by atoms with E-state index in [4.69, 9.17) is 28.1 Å². The second-order valence-corrected chi connectivity index (χ2v) is 12.1. The number of halogens is 1. The number of carbonyl (C=O) groups is 2. The molecule has 5 atom stereocenters. The number of alkyl halides is 1. The lowest BCUT2D eigenvalue weighted by Crippen LogP contribution is -2.44. The summed E-state index contributed by atoms with van der Waals surface area (Å²) < 4.78 is 45.5. The highest BCUT2D eigenvalue weighted by Crippen LogP contribution is 2.43. The maximum absolute atomic E-state index is 15.8. The molecule has 45 heavy (non-hydrogen) atoms. The molecule has 14 nitrogen and oxygen atoms in total. The van der Waals surface area contributed by atoms with Crippen LogP contribution in [0.4, 0.5) is 4.39 Å². The molecule has 0 aliphatic carbocycles. The number of aromatic nitrogens is 2. The second kappa shape index (κ2) is 16.6. The molecule has 248 valence electrons. The van der Waals surface area contributed by atoms with Crippen LogP contribution in [0.3, 0.4) is 0 Å². The second-order valence-electron chi connectivity index (χ2n) is 10.9. The number of para-hydroxylation sites is 1. The Morgan fingerprint density at radius 1 is 1.18 bits per heavy atom. The lowest BCUT2D eigenvalue weighted by Gasteiger charge is -2.24. The van der Waals surface area contributed by atoms with Crippen LogP contribution < -0.4 is 20.9 Å². The number of esters is 2. The van der Waals surface area contributed by atoms with E-state index in [9.17, 15) is 19.2 Å². The molecule has 0 bridgehead atoms. The van der Waals surface area contributed by atoms with Gasteiger partial charge in [-0.1, -0.05) is 23.4 Å². The van der Waals surface area contributed by atoms with E-state index in [1.165, 1.54) is 6.92 Å². The lowest BCUT2D eigenvalue weighted by molar-refractivity contribution is -0.150. The number of hydrogen-bond donors (Lipinski definition) is 1. The fraction of sp³-hybridized carbons (Fsp3) is 0.552. The largest absolute Gasteiger partial charge is 0.462 e. The van der Waals surface area contributed by atoms with Gasteiger partial charge in [-0.05, 0) is 53.7 Å². The van der Waals surface area contributed by atoms with Gasteiger partial charge in [-0.25, -0.2) is 18.8 Å². The number of benzene rings is 1. The van der Waals surface area contributed by atoms with Crippen molar-refractivity contribution < 1.29 is 42.1 Å². The van der Waals surface area contributed by atoms with Crippen molar-refractivity contribution in [1.29, 1.82) is 0 Å². The zero-order valence-corrected chi connectivity index (χ0v) is 27.0. The van der Waals surface area contributed by atoms with Gasteiger partial charge in [0.2, 0.25) is 0 Å². The smallest absolute Gasteiger partial charge is 0.336 e. The van der Waals surface area contributed by atoms with E-state index < -0.39 is 62.5 Å². The zero-order chi connectivity index (χ0) is 33.1. The molecule has 1 aliphatic heterocycles. The van der Waals surface area contributed by atoms with E-state index in [-0.39, 0.29) is 32.2 Å². The number of nitrogens with zero attached hydrogens (tertiary/aromatic N) is 3. The number of nitrogens with one attached hydrogen (secondary N) is 1. The van der Waals surface area contributed by atoms with Gasteiger partial charge in [0.1, 0.15) is 18.4 Å². The highest BCUT2D eigenvalue weighted by molar-refractivity contribution is 7.45. The Bertz CT molecular complexity index is 1430. The third-order valence-corrected chi connectivity index (χ3v) is 7.48. The molecule has 0 saturated carbocycles. The molecule has 1 aromatic carbocycles. The maximum Gasteiger partial charge on any atom is 0.336 e. The maximum atomic E-state index is 15.8. The Kier molecular flexibility index (Phi) is 13.2. The molecule has 1 aliphatic rings. The van der Waals surface area contributed by atoms with Gasteiger partial charge in [0.15, 0.2) is 18.6 Å². The van der Waals surface area contributed by atoms with E-state index in [1.54, 1.807) is 58.9 Å². The third-order valence-electron chi connectivity index (χ3n) is 6.12. The highest BCUT2D eigenvalue weighted by atomic mass is 31.2. The SMILES string of the molecule is CC(C)=NOCCC(=O)OCn1c(=O)ccn(C2OC(CO[P@@](NC(C)C(=O)OC(C)C)Oc3ccccc3)C[C@@]2(C)F)c1=O. The number of rotatable bonds is 16. The third kappa shape index (κ3) is 11.0. The van der Waals surface area contributed by atoms with Crippen LogP contribution in [0.2, 0.25) is 0 Å². The van der Waals surface area contributed by atoms with Crippen molar-refractivity contribution in [2.24, 2.45) is 5.16 Å². The first-order valence-electron chi connectivity index (χ1n) is 14.3. The predicted octanol–water partition coefficient (Wildman–Crippen LogP) is 3.58. The van der Waals surface area contributed by atoms with E-state index in [0.717, 1.165) is 16.8 Å². The Balaban J connectivity index is 1.68. The Labute approximate surface area is 261 Å². The summed E-state index contributed by atoms with van der Waals surface area (Å²) in [7, 11) is -1.92. The van der Waals surface area contributed by atoms with Crippen LogP contribution in [-0.2, 0) is 39.9 Å². The normalized spacial score (nSPS) is 20.7. The number of carbonyl (C=O) groups excluding carboxylic acids is 2. The van der Waals surface area contributed by atoms with E-state index in [0.29, 0.717) is 16.0 Å². The summed E-state index contributed by atoms with van der Waals surface area (Å²) in [5.74, 6) is -0.742. The van der Waals surface area contributed by atoms with Crippen LogP contribution in [0.25, 0.3) is 0 Å². The van der Waals surface area contributed by atoms with Crippen molar-refractivity contribution in [2.45, 2.75) is 91.3 Å². The van der Waals surface area contributed by atoms with Crippen molar-refractivity contribution in [3.8, 4) is 5.75 Å². The highest BCUT2D eigenvalue weighted by Gasteiger charge is 2.48. The molecule has 1 fully saturated rings. The minimum atomic E-state index is -2.04. The topological polar surface area (TPSA) is 158 Å². The minimum absolute atomic E-state index is 0.0491. The molecule has 1 aromatic heterocycles. The number of oxime groups is 1. The van der Waals surface area contributed by atoms with Gasteiger partial charge in [0, 0.05) is 18.7 Å². The van der Waals surface area contributed by atoms with E-state index in [2.05, 4.69) is 10.2 Å². The Morgan fingerprint density at radius 2 is 1.89 bits per heavy atom. The predicted molar refractivity (Wildman–Crippen MR) is 162 cm³/mol. The summed E-state index contributed by atoms with van der Waals surface area (Å²) in [6, 6.07) is 9.06. The fourth-order valence-corrected chi connectivity index (χ4v) is 5.29. The minimum Gasteiger partial charge on any atom is -0.462 e. The molecule has 3 rings (SSSR count). The number of ether oxygens (including phenoxy) is 3. The lowest BCUT2D eigenvalue weighted by atomic mass is 10.0. The monoisotopic (exact) mass is 654 g/mol. The summed E-state index contributed by atoms with van der Waals surface area (Å²) in [4.78, 5) is 55.0. The molecular formula is C29H40FN4O10P. The summed E-state index contributed by atoms with van der Waals surface area (Å²) in [5.41, 5.74) is -3.05. The van der Waals surface area contributed by atoms with Crippen LogP contribution in [0, 0.1) is 0 Å². The van der Waals surface area contributed by atoms with E-state index in [1.807, 2.05) is 6.07 Å². The molecule has 0 spiro atoms. The Hall–Kier alpha value is -3.65. The average Bonchev–Trinajstić information content (AvgIpc) is 3.27. The summed E-state index contributed by atoms with van der Waals surface area (Å²) in [6.45, 7) is 8.91. The van der Waals surface area contributed by atoms with Gasteiger partial charge >= 0.3 is 26.2 Å². The zero-order valence-electron chi connectivity index (χ0n) is 26.1. The average molecular weight is 655 g/mol. The van der Waals surface area contributed by atoms with Gasteiger partial charge in [-0.2, -0.15) is 0 Å². The van der Waals surface area contributed by atoms with Gasteiger partial charge in [-0.15, -0.1) is 0 Å². The van der Waals surface area contributed by atoms with Crippen molar-refractivity contribution in [2.75, 3.05) is 13.2 Å². The van der Waals surface area contributed by atoms with Crippen LogP contribution in [-0.4, -0.2) is 63.9 Å². The fourth-order valence-electron chi connectivity index (χ4n) is 4.08. The number of hydrogen-bond acceptors (Lipinski definition) is 12. The van der Waals surface area contributed by atoms with Gasteiger partial charge in [0.05, 0.1) is 30.9 Å². The van der Waals surface area contributed by atoms with Crippen LogP contribution in [0.5, 0.6) is 5.75 Å². The van der Waals surface area contributed by atoms with Crippen molar-refractivity contribution in [3.63, 3.8) is 0 Å². The van der Waals surface area contributed by atoms with Crippen LogP contribution in [0.15, 0.2) is 57.3 Å². The van der Waals surface area contributed by atoms with Gasteiger partial charge < -0.3 is 28.1 Å². The summed E-state index contributed by atoms with van der Waals surface area (Å²) in [6.07, 6.45) is -1.75. The van der Waals surface area contributed by atoms with E-state index >= 15 is 4.39 Å². The molecule has 3 unspecified atom stereocenters. The molecule has 0 amide bonds. The molecule has 2 aromatic rings. The van der Waals surface area contributed by atoms with Crippen molar-refractivity contribution >= 4 is 26.2 Å². The molecule has 0 radical (unpaired) electrons. The molecule has 16 heteroatoms. The molecule has 2 heterocycles. The first-order chi connectivity index (χ1) is 21.3.